The molecule has 0 amide bonds. The Morgan fingerprint density at radius 2 is 1.26 bits per heavy atom. The molecule has 0 aliphatic heterocycles. The van der Waals surface area contributed by atoms with Crippen LogP contribution in [0.25, 0.3) is 5.57 Å². The molecule has 0 aromatic heterocycles. The highest BCUT2D eigenvalue weighted by atomic mass is 16.5. The van der Waals surface area contributed by atoms with Gasteiger partial charge in [0.2, 0.25) is 0 Å². The molecule has 0 unspecified atom stereocenters. The molecule has 50 heavy (non-hydrogen) atoms. The minimum absolute atomic E-state index is 0.736. The number of benzene rings is 5. The van der Waals surface area contributed by atoms with Crippen LogP contribution in [0.3, 0.4) is 0 Å². The molecule has 1 aliphatic carbocycles. The van der Waals surface area contributed by atoms with E-state index < -0.39 is 0 Å². The largest absolute Gasteiger partial charge is 0.497 e. The molecule has 0 radical (unpaired) electrons. The zero-order chi connectivity index (χ0) is 34.7. The molecule has 0 heterocycles. The molecule has 0 N–H and O–H groups in total. The molecular formula is C46H42N2O2. The van der Waals surface area contributed by atoms with Gasteiger partial charge in [-0.25, -0.2) is 0 Å². The van der Waals surface area contributed by atoms with Crippen molar-refractivity contribution in [2.45, 2.75) is 19.8 Å². The number of allylic oxidation sites excluding steroid dienone is 6. The van der Waals surface area contributed by atoms with Crippen molar-refractivity contribution < 1.29 is 9.47 Å². The van der Waals surface area contributed by atoms with Gasteiger partial charge in [-0.2, -0.15) is 0 Å². The summed E-state index contributed by atoms with van der Waals surface area (Å²) in [6.45, 7) is 10.4. The lowest BCUT2D eigenvalue weighted by Gasteiger charge is -2.30. The van der Waals surface area contributed by atoms with Crippen LogP contribution in [0.15, 0.2) is 195 Å². The van der Waals surface area contributed by atoms with Crippen LogP contribution in [-0.2, 0) is 0 Å². The molecule has 0 saturated carbocycles. The lowest BCUT2D eigenvalue weighted by molar-refractivity contribution is 0.415. The second-order valence-corrected chi connectivity index (χ2v) is 11.9. The molecule has 5 aromatic carbocycles. The summed E-state index contributed by atoms with van der Waals surface area (Å²) in [7, 11) is 1.69. The average Bonchev–Trinajstić information content (AvgIpc) is 3.17. The molecule has 6 rings (SSSR count). The second-order valence-electron chi connectivity index (χ2n) is 11.9. The maximum Gasteiger partial charge on any atom is 0.126 e. The van der Waals surface area contributed by atoms with Gasteiger partial charge in [0, 0.05) is 34.1 Å². The van der Waals surface area contributed by atoms with E-state index in [1.165, 1.54) is 5.56 Å². The molecule has 248 valence electrons. The highest BCUT2D eigenvalue weighted by Crippen LogP contribution is 2.37. The van der Waals surface area contributed by atoms with Gasteiger partial charge in [0.15, 0.2) is 0 Å². The first-order valence-corrected chi connectivity index (χ1v) is 16.8. The van der Waals surface area contributed by atoms with Gasteiger partial charge < -0.3 is 19.3 Å². The molecule has 4 nitrogen and oxygen atoms in total. The molecule has 0 spiro atoms. The quantitative estimate of drug-likeness (QED) is 0.0932. The summed E-state index contributed by atoms with van der Waals surface area (Å²) >= 11 is 0. The number of aryl methyl sites for hydroxylation is 1. The second kappa shape index (κ2) is 16.2. The summed E-state index contributed by atoms with van der Waals surface area (Å²) in [4.78, 5) is 4.47. The number of hydrogen-bond acceptors (Lipinski definition) is 4. The predicted octanol–water partition coefficient (Wildman–Crippen LogP) is 12.2. The van der Waals surface area contributed by atoms with Crippen molar-refractivity contribution in [1.82, 2.24) is 0 Å². The molecule has 0 bridgehead atoms. The van der Waals surface area contributed by atoms with Crippen molar-refractivity contribution in [3.63, 3.8) is 0 Å². The van der Waals surface area contributed by atoms with Crippen LogP contribution in [0.1, 0.15) is 29.5 Å². The van der Waals surface area contributed by atoms with Gasteiger partial charge in [0.05, 0.1) is 13.4 Å². The first-order valence-electron chi connectivity index (χ1n) is 16.8. The standard InChI is InChI=1S/C46H42N2O2/c1-5-12-39(33-34-50-46-29-21-38(22-30-46)36(3)37-19-17-35(2)18-20-37)47(40-13-8-6-9-14-40)42-23-25-43(26-24-42)48(41-15-10-7-11-16-41)44-27-31-45(49-4)32-28-44/h5-6,8-10,12-34H,1,3,7,11H2,2,4H3/b34-33-,39-12+. The first-order chi connectivity index (χ1) is 24.5. The maximum atomic E-state index is 6.10. The monoisotopic (exact) mass is 654 g/mol. The van der Waals surface area contributed by atoms with Gasteiger partial charge in [-0.15, -0.1) is 0 Å². The lowest BCUT2D eigenvalue weighted by Crippen LogP contribution is -2.17. The molecule has 4 heteroatoms. The van der Waals surface area contributed by atoms with Crippen molar-refractivity contribution in [2.75, 3.05) is 16.9 Å². The molecule has 5 aromatic rings. The van der Waals surface area contributed by atoms with E-state index in [-0.39, 0.29) is 0 Å². The SMILES string of the molecule is C=C/C=C(\C=C/Oc1ccc(C(=C)c2ccc(C)cc2)cc1)N(c1ccccc1)c1ccc(N(C2=CCCC=C2)c2ccc(OC)cc2)cc1. The van der Waals surface area contributed by atoms with Crippen LogP contribution >= 0.6 is 0 Å². The predicted molar refractivity (Wildman–Crippen MR) is 210 cm³/mol. The summed E-state index contributed by atoms with van der Waals surface area (Å²) in [5, 5.41) is 0. The third-order valence-corrected chi connectivity index (χ3v) is 8.54. The fraction of sp³-hybridized carbons (Fsp3) is 0.0870. The van der Waals surface area contributed by atoms with Crippen LogP contribution in [0, 0.1) is 6.92 Å². The summed E-state index contributed by atoms with van der Waals surface area (Å²) in [6.07, 6.45) is 16.2. The van der Waals surface area contributed by atoms with Crippen molar-refractivity contribution in [3.05, 3.63) is 211 Å². The van der Waals surface area contributed by atoms with E-state index in [1.54, 1.807) is 19.4 Å². The van der Waals surface area contributed by atoms with E-state index in [1.807, 2.05) is 66.7 Å². The van der Waals surface area contributed by atoms with E-state index >= 15 is 0 Å². The van der Waals surface area contributed by atoms with Crippen molar-refractivity contribution in [1.29, 1.82) is 0 Å². The Morgan fingerprint density at radius 1 is 0.680 bits per heavy atom. The average molecular weight is 655 g/mol. The van der Waals surface area contributed by atoms with E-state index in [4.69, 9.17) is 9.47 Å². The molecule has 0 fully saturated rings. The first kappa shape index (κ1) is 33.6. The number of nitrogens with zero attached hydrogens (tertiary/aromatic N) is 2. The Labute approximate surface area is 296 Å². The van der Waals surface area contributed by atoms with E-state index in [0.717, 1.165) is 75.2 Å². The van der Waals surface area contributed by atoms with E-state index in [2.05, 4.69) is 121 Å². The van der Waals surface area contributed by atoms with Gasteiger partial charge in [-0.1, -0.05) is 91.5 Å². The number of anilines is 4. The fourth-order valence-electron chi connectivity index (χ4n) is 5.88. The Morgan fingerprint density at radius 3 is 1.86 bits per heavy atom. The number of para-hydroxylation sites is 1. The number of methoxy groups -OCH3 is 1. The van der Waals surface area contributed by atoms with E-state index in [0.29, 0.717) is 0 Å². The lowest BCUT2D eigenvalue weighted by atomic mass is 9.99. The van der Waals surface area contributed by atoms with Crippen LogP contribution in [-0.4, -0.2) is 7.11 Å². The fourth-order valence-corrected chi connectivity index (χ4v) is 5.88. The number of rotatable bonds is 13. The maximum absolute atomic E-state index is 6.10. The number of ether oxygens (including phenoxy) is 2. The Bertz CT molecular complexity index is 2020. The van der Waals surface area contributed by atoms with Crippen molar-refractivity contribution in [3.8, 4) is 11.5 Å². The Hall–Kier alpha value is -6.26. The third kappa shape index (κ3) is 8.05. The third-order valence-electron chi connectivity index (χ3n) is 8.54. The van der Waals surface area contributed by atoms with Crippen molar-refractivity contribution >= 4 is 28.3 Å². The topological polar surface area (TPSA) is 24.9 Å². The molecule has 0 saturated heterocycles. The normalized spacial score (nSPS) is 12.7. The Balaban J connectivity index is 1.26. The van der Waals surface area contributed by atoms with E-state index in [9.17, 15) is 0 Å². The summed E-state index contributed by atoms with van der Waals surface area (Å²) in [6, 6.07) is 43.5. The van der Waals surface area contributed by atoms with Crippen LogP contribution in [0.2, 0.25) is 0 Å². The Kier molecular flexibility index (Phi) is 10.9. The summed E-state index contributed by atoms with van der Waals surface area (Å²) in [5.74, 6) is 1.57. The highest BCUT2D eigenvalue weighted by molar-refractivity contribution is 5.78. The number of hydrogen-bond donors (Lipinski definition) is 0. The van der Waals surface area contributed by atoms with Gasteiger partial charge >= 0.3 is 0 Å². The minimum Gasteiger partial charge on any atom is -0.497 e. The molecule has 0 atom stereocenters. The smallest absolute Gasteiger partial charge is 0.126 e. The minimum atomic E-state index is 0.736. The van der Waals surface area contributed by atoms with Crippen LogP contribution in [0.4, 0.5) is 22.7 Å². The van der Waals surface area contributed by atoms with Gasteiger partial charge in [0.25, 0.3) is 0 Å². The van der Waals surface area contributed by atoms with Crippen molar-refractivity contribution in [2.24, 2.45) is 0 Å². The molecule has 1 aliphatic rings. The van der Waals surface area contributed by atoms with Gasteiger partial charge in [-0.05, 0) is 127 Å². The highest BCUT2D eigenvalue weighted by Gasteiger charge is 2.17. The zero-order valence-electron chi connectivity index (χ0n) is 28.7. The van der Waals surface area contributed by atoms with Gasteiger partial charge in [-0.3, -0.25) is 0 Å². The summed E-state index contributed by atoms with van der Waals surface area (Å²) < 4.78 is 11.5. The zero-order valence-corrected chi connectivity index (χ0v) is 28.7. The van der Waals surface area contributed by atoms with Gasteiger partial charge in [0.1, 0.15) is 11.5 Å². The van der Waals surface area contributed by atoms with Crippen LogP contribution < -0.4 is 19.3 Å². The summed E-state index contributed by atoms with van der Waals surface area (Å²) in [5.41, 5.74) is 10.6. The van der Waals surface area contributed by atoms with Crippen LogP contribution in [0.5, 0.6) is 11.5 Å². The molecular weight excluding hydrogens is 613 g/mol.